The molecule has 0 heterocycles. The number of anilines is 1. The average Bonchev–Trinajstić information content (AvgIpc) is 2.46. The molecule has 0 aliphatic rings. The number of hydrogen-bond acceptors (Lipinski definition) is 4. The highest BCUT2D eigenvalue weighted by molar-refractivity contribution is 6.31. The molecule has 4 nitrogen and oxygen atoms in total. The van der Waals surface area contributed by atoms with E-state index in [2.05, 4.69) is 0 Å². The Labute approximate surface area is 122 Å². The van der Waals surface area contributed by atoms with E-state index in [1.165, 1.54) is 14.2 Å². The van der Waals surface area contributed by atoms with Gasteiger partial charge in [0.2, 0.25) is 5.78 Å². The second kappa shape index (κ2) is 5.84. The molecule has 0 unspecified atom stereocenters. The van der Waals surface area contributed by atoms with E-state index in [0.717, 1.165) is 0 Å². The molecule has 0 aliphatic heterocycles. The standard InChI is InChI=1S/C15H14ClNO3/c1-19-13-7-6-9(16)8-11(13)14(18)10-4-3-5-12(17)15(10)20-2/h3-8H,17H2,1-2H3. The minimum atomic E-state index is -0.256. The van der Waals surface area contributed by atoms with Crippen molar-refractivity contribution in [2.45, 2.75) is 0 Å². The Morgan fingerprint density at radius 1 is 1.10 bits per heavy atom. The van der Waals surface area contributed by atoms with Crippen LogP contribution in [0.2, 0.25) is 5.02 Å². The lowest BCUT2D eigenvalue weighted by Gasteiger charge is -2.12. The van der Waals surface area contributed by atoms with E-state index in [1.807, 2.05) is 0 Å². The molecule has 0 spiro atoms. The third-order valence-corrected chi connectivity index (χ3v) is 3.14. The Morgan fingerprint density at radius 2 is 1.85 bits per heavy atom. The first-order valence-electron chi connectivity index (χ1n) is 5.89. The molecular formula is C15H14ClNO3. The molecule has 0 amide bonds. The Balaban J connectivity index is 2.57. The molecule has 0 saturated carbocycles. The van der Waals surface area contributed by atoms with Crippen molar-refractivity contribution in [2.75, 3.05) is 20.0 Å². The maximum absolute atomic E-state index is 12.6. The van der Waals surface area contributed by atoms with Crippen molar-refractivity contribution in [2.24, 2.45) is 0 Å². The first kappa shape index (κ1) is 14.2. The normalized spacial score (nSPS) is 10.2. The van der Waals surface area contributed by atoms with Gasteiger partial charge in [-0.25, -0.2) is 0 Å². The smallest absolute Gasteiger partial charge is 0.200 e. The Hall–Kier alpha value is -2.20. The van der Waals surface area contributed by atoms with Crippen LogP contribution in [0.5, 0.6) is 11.5 Å². The fourth-order valence-electron chi connectivity index (χ4n) is 1.96. The van der Waals surface area contributed by atoms with E-state index in [0.29, 0.717) is 33.3 Å². The van der Waals surface area contributed by atoms with Crippen LogP contribution in [0.15, 0.2) is 36.4 Å². The molecule has 2 aromatic rings. The number of hydrogen-bond donors (Lipinski definition) is 1. The summed E-state index contributed by atoms with van der Waals surface area (Å²) < 4.78 is 10.4. The zero-order valence-corrected chi connectivity index (χ0v) is 11.9. The second-order valence-electron chi connectivity index (χ2n) is 4.10. The van der Waals surface area contributed by atoms with Gasteiger partial charge in [0.15, 0.2) is 5.75 Å². The zero-order valence-electron chi connectivity index (χ0n) is 11.1. The summed E-state index contributed by atoms with van der Waals surface area (Å²) in [4.78, 5) is 12.6. The number of halogens is 1. The lowest BCUT2D eigenvalue weighted by molar-refractivity contribution is 0.103. The van der Waals surface area contributed by atoms with E-state index in [4.69, 9.17) is 26.8 Å². The second-order valence-corrected chi connectivity index (χ2v) is 4.54. The van der Waals surface area contributed by atoms with Crippen LogP contribution in [0.3, 0.4) is 0 Å². The van der Waals surface area contributed by atoms with E-state index in [1.54, 1.807) is 36.4 Å². The highest BCUT2D eigenvalue weighted by Gasteiger charge is 2.20. The van der Waals surface area contributed by atoms with Gasteiger partial charge in [-0.2, -0.15) is 0 Å². The van der Waals surface area contributed by atoms with Gasteiger partial charge in [0, 0.05) is 5.02 Å². The van der Waals surface area contributed by atoms with Crippen LogP contribution in [-0.4, -0.2) is 20.0 Å². The van der Waals surface area contributed by atoms with Gasteiger partial charge in [0.1, 0.15) is 5.75 Å². The number of methoxy groups -OCH3 is 2. The molecule has 20 heavy (non-hydrogen) atoms. The maximum Gasteiger partial charge on any atom is 0.200 e. The predicted octanol–water partition coefficient (Wildman–Crippen LogP) is 3.17. The van der Waals surface area contributed by atoms with E-state index >= 15 is 0 Å². The summed E-state index contributed by atoms with van der Waals surface area (Å²) in [5.74, 6) is 0.539. The van der Waals surface area contributed by atoms with Crippen molar-refractivity contribution < 1.29 is 14.3 Å². The number of carbonyl (C=O) groups is 1. The van der Waals surface area contributed by atoms with Gasteiger partial charge < -0.3 is 15.2 Å². The van der Waals surface area contributed by atoms with Crippen LogP contribution in [-0.2, 0) is 0 Å². The number of ketones is 1. The number of nitrogens with two attached hydrogens (primary N) is 1. The summed E-state index contributed by atoms with van der Waals surface area (Å²) in [6.45, 7) is 0. The molecule has 2 aromatic carbocycles. The van der Waals surface area contributed by atoms with Gasteiger partial charge in [0.25, 0.3) is 0 Å². The van der Waals surface area contributed by atoms with Crippen LogP contribution in [0, 0.1) is 0 Å². The lowest BCUT2D eigenvalue weighted by atomic mass is 10.0. The number of nitrogen functional groups attached to an aromatic ring is 1. The Bertz CT molecular complexity index is 652. The molecule has 0 atom stereocenters. The summed E-state index contributed by atoms with van der Waals surface area (Å²) in [5, 5.41) is 0.456. The summed E-state index contributed by atoms with van der Waals surface area (Å²) >= 11 is 5.95. The van der Waals surface area contributed by atoms with Gasteiger partial charge >= 0.3 is 0 Å². The zero-order chi connectivity index (χ0) is 14.7. The third kappa shape index (κ3) is 2.56. The molecule has 0 bridgehead atoms. The van der Waals surface area contributed by atoms with Crippen LogP contribution in [0.25, 0.3) is 0 Å². The number of ether oxygens (including phenoxy) is 2. The molecule has 0 radical (unpaired) electrons. The van der Waals surface area contributed by atoms with Crippen molar-refractivity contribution >= 4 is 23.1 Å². The highest BCUT2D eigenvalue weighted by atomic mass is 35.5. The van der Waals surface area contributed by atoms with Crippen molar-refractivity contribution in [1.82, 2.24) is 0 Å². The van der Waals surface area contributed by atoms with Crippen molar-refractivity contribution in [3.63, 3.8) is 0 Å². The Kier molecular flexibility index (Phi) is 4.15. The van der Waals surface area contributed by atoms with Gasteiger partial charge in [-0.1, -0.05) is 17.7 Å². The van der Waals surface area contributed by atoms with Crippen LogP contribution < -0.4 is 15.2 Å². The topological polar surface area (TPSA) is 61.5 Å². The first-order chi connectivity index (χ1) is 9.58. The first-order valence-corrected chi connectivity index (χ1v) is 6.27. The van der Waals surface area contributed by atoms with Gasteiger partial charge in [-0.15, -0.1) is 0 Å². The van der Waals surface area contributed by atoms with Crippen molar-refractivity contribution in [3.05, 3.63) is 52.5 Å². The maximum atomic E-state index is 12.6. The minimum absolute atomic E-state index is 0.256. The third-order valence-electron chi connectivity index (χ3n) is 2.90. The van der Waals surface area contributed by atoms with Crippen molar-refractivity contribution in [3.8, 4) is 11.5 Å². The monoisotopic (exact) mass is 291 g/mol. The van der Waals surface area contributed by atoms with Crippen molar-refractivity contribution in [1.29, 1.82) is 0 Å². The van der Waals surface area contributed by atoms with E-state index in [-0.39, 0.29) is 5.78 Å². The summed E-state index contributed by atoms with van der Waals surface area (Å²) in [5.41, 5.74) is 6.95. The molecule has 0 aromatic heterocycles. The van der Waals surface area contributed by atoms with Gasteiger partial charge in [0.05, 0.1) is 31.0 Å². The number of carbonyl (C=O) groups excluding carboxylic acids is 1. The molecule has 0 aliphatic carbocycles. The average molecular weight is 292 g/mol. The Morgan fingerprint density at radius 3 is 2.50 bits per heavy atom. The SMILES string of the molecule is COc1ccc(Cl)cc1C(=O)c1cccc(N)c1OC. The number of para-hydroxylation sites is 1. The summed E-state index contributed by atoms with van der Waals surface area (Å²) in [7, 11) is 2.97. The largest absolute Gasteiger partial charge is 0.496 e. The van der Waals surface area contributed by atoms with Gasteiger partial charge in [-0.05, 0) is 30.3 Å². The predicted molar refractivity (Wildman–Crippen MR) is 78.8 cm³/mol. The van der Waals surface area contributed by atoms with Crippen LogP contribution >= 0.6 is 11.6 Å². The number of benzene rings is 2. The van der Waals surface area contributed by atoms with Crippen LogP contribution in [0.1, 0.15) is 15.9 Å². The van der Waals surface area contributed by atoms with E-state index < -0.39 is 0 Å². The lowest BCUT2D eigenvalue weighted by Crippen LogP contribution is -2.07. The highest BCUT2D eigenvalue weighted by Crippen LogP contribution is 2.31. The molecule has 0 saturated heterocycles. The number of rotatable bonds is 4. The quantitative estimate of drug-likeness (QED) is 0.694. The fraction of sp³-hybridized carbons (Fsp3) is 0.133. The summed E-state index contributed by atoms with van der Waals surface area (Å²) in [6.07, 6.45) is 0. The molecule has 2 rings (SSSR count). The van der Waals surface area contributed by atoms with E-state index in [9.17, 15) is 4.79 Å². The molecule has 2 N–H and O–H groups in total. The fourth-order valence-corrected chi connectivity index (χ4v) is 2.14. The van der Waals surface area contributed by atoms with Crippen LogP contribution in [0.4, 0.5) is 5.69 Å². The molecule has 0 fully saturated rings. The minimum Gasteiger partial charge on any atom is -0.496 e. The molecule has 5 heteroatoms. The van der Waals surface area contributed by atoms with Gasteiger partial charge in [-0.3, -0.25) is 4.79 Å². The molecule has 104 valence electrons. The summed E-state index contributed by atoms with van der Waals surface area (Å²) in [6, 6.07) is 9.89. The molecular weight excluding hydrogens is 278 g/mol.